The SMILES string of the molecule is O=C1CC[C@H]2[C@@H](O)[C@@H]3OCC[C@@H]3CN12. The molecular formula is C10H15NO3. The third-order valence-electron chi connectivity index (χ3n) is 3.80. The summed E-state index contributed by atoms with van der Waals surface area (Å²) in [5.74, 6) is 0.572. The number of aliphatic hydroxyl groups excluding tert-OH is 1. The van der Waals surface area contributed by atoms with Crippen molar-refractivity contribution in [1.82, 2.24) is 4.90 Å². The summed E-state index contributed by atoms with van der Waals surface area (Å²) in [7, 11) is 0. The Morgan fingerprint density at radius 2 is 2.29 bits per heavy atom. The third-order valence-corrected chi connectivity index (χ3v) is 3.80. The van der Waals surface area contributed by atoms with Crippen LogP contribution in [0.4, 0.5) is 0 Å². The van der Waals surface area contributed by atoms with Gasteiger partial charge in [0, 0.05) is 25.5 Å². The topological polar surface area (TPSA) is 49.8 Å². The van der Waals surface area contributed by atoms with Crippen LogP contribution in [0.2, 0.25) is 0 Å². The Morgan fingerprint density at radius 1 is 1.43 bits per heavy atom. The average molecular weight is 197 g/mol. The fourth-order valence-corrected chi connectivity index (χ4v) is 3.05. The summed E-state index contributed by atoms with van der Waals surface area (Å²) in [6.07, 6.45) is 1.91. The summed E-state index contributed by atoms with van der Waals surface area (Å²) in [6, 6.07) is 0.0295. The molecule has 1 amide bonds. The van der Waals surface area contributed by atoms with Gasteiger partial charge in [-0.3, -0.25) is 4.79 Å². The molecule has 3 fully saturated rings. The van der Waals surface area contributed by atoms with Gasteiger partial charge in [-0.25, -0.2) is 0 Å². The second-order valence-corrected chi connectivity index (χ2v) is 4.53. The van der Waals surface area contributed by atoms with Crippen LogP contribution in [0.15, 0.2) is 0 Å². The molecule has 0 saturated carbocycles. The zero-order valence-corrected chi connectivity index (χ0v) is 8.06. The van der Waals surface area contributed by atoms with Gasteiger partial charge in [-0.05, 0) is 12.8 Å². The first-order valence-electron chi connectivity index (χ1n) is 5.36. The summed E-state index contributed by atoms with van der Waals surface area (Å²) >= 11 is 0. The van der Waals surface area contributed by atoms with Gasteiger partial charge in [-0.2, -0.15) is 0 Å². The van der Waals surface area contributed by atoms with E-state index in [4.69, 9.17) is 4.74 Å². The van der Waals surface area contributed by atoms with Crippen molar-refractivity contribution < 1.29 is 14.6 Å². The molecular weight excluding hydrogens is 182 g/mol. The van der Waals surface area contributed by atoms with Gasteiger partial charge in [0.15, 0.2) is 0 Å². The number of amides is 1. The Kier molecular flexibility index (Phi) is 1.82. The minimum atomic E-state index is -0.456. The lowest BCUT2D eigenvalue weighted by Crippen LogP contribution is -2.56. The highest BCUT2D eigenvalue weighted by molar-refractivity contribution is 5.79. The van der Waals surface area contributed by atoms with E-state index in [9.17, 15) is 9.90 Å². The smallest absolute Gasteiger partial charge is 0.222 e. The van der Waals surface area contributed by atoms with Gasteiger partial charge in [0.25, 0.3) is 0 Å². The number of aliphatic hydroxyl groups is 1. The van der Waals surface area contributed by atoms with Crippen LogP contribution in [0.1, 0.15) is 19.3 Å². The van der Waals surface area contributed by atoms with Gasteiger partial charge >= 0.3 is 0 Å². The van der Waals surface area contributed by atoms with E-state index in [1.165, 1.54) is 0 Å². The first-order chi connectivity index (χ1) is 6.77. The molecule has 0 aromatic carbocycles. The van der Waals surface area contributed by atoms with Crippen molar-refractivity contribution in [2.45, 2.75) is 37.5 Å². The fourth-order valence-electron chi connectivity index (χ4n) is 3.05. The lowest BCUT2D eigenvalue weighted by atomic mass is 9.87. The van der Waals surface area contributed by atoms with Gasteiger partial charge in [-0.15, -0.1) is 0 Å². The van der Waals surface area contributed by atoms with Crippen molar-refractivity contribution in [3.05, 3.63) is 0 Å². The third kappa shape index (κ3) is 1.04. The van der Waals surface area contributed by atoms with E-state index in [-0.39, 0.29) is 18.1 Å². The number of fused-ring (bicyclic) bond motifs is 2. The Morgan fingerprint density at radius 3 is 3.14 bits per heavy atom. The number of rotatable bonds is 0. The van der Waals surface area contributed by atoms with E-state index in [1.54, 1.807) is 0 Å². The monoisotopic (exact) mass is 197 g/mol. The van der Waals surface area contributed by atoms with Crippen LogP contribution in [0.5, 0.6) is 0 Å². The van der Waals surface area contributed by atoms with E-state index in [0.717, 1.165) is 26.0 Å². The molecule has 3 aliphatic rings. The zero-order chi connectivity index (χ0) is 9.71. The van der Waals surface area contributed by atoms with E-state index < -0.39 is 6.10 Å². The van der Waals surface area contributed by atoms with Crippen LogP contribution in [-0.4, -0.2) is 47.3 Å². The van der Waals surface area contributed by atoms with Crippen LogP contribution in [0, 0.1) is 5.92 Å². The molecule has 4 nitrogen and oxygen atoms in total. The lowest BCUT2D eigenvalue weighted by Gasteiger charge is -2.40. The molecule has 0 aromatic heterocycles. The number of nitrogens with zero attached hydrogens (tertiary/aromatic N) is 1. The van der Waals surface area contributed by atoms with Crippen LogP contribution < -0.4 is 0 Å². The number of hydrogen-bond donors (Lipinski definition) is 1. The zero-order valence-electron chi connectivity index (χ0n) is 8.06. The second-order valence-electron chi connectivity index (χ2n) is 4.53. The number of carbonyl (C=O) groups excluding carboxylic acids is 1. The minimum absolute atomic E-state index is 0.0119. The second kappa shape index (κ2) is 2.94. The molecule has 3 rings (SSSR count). The van der Waals surface area contributed by atoms with Gasteiger partial charge in [0.1, 0.15) is 6.10 Å². The molecule has 0 spiro atoms. The predicted octanol–water partition coefficient (Wildman–Crippen LogP) is -0.243. The maximum absolute atomic E-state index is 11.5. The van der Waals surface area contributed by atoms with Crippen molar-refractivity contribution >= 4 is 5.91 Å². The maximum Gasteiger partial charge on any atom is 0.222 e. The Bertz CT molecular complexity index is 268. The van der Waals surface area contributed by atoms with Gasteiger partial charge in [-0.1, -0.05) is 0 Å². The van der Waals surface area contributed by atoms with E-state index >= 15 is 0 Å². The summed E-state index contributed by atoms with van der Waals surface area (Å²) < 4.78 is 5.52. The number of piperidine rings is 1. The summed E-state index contributed by atoms with van der Waals surface area (Å²) in [5.41, 5.74) is 0. The molecule has 0 radical (unpaired) electrons. The number of hydrogen-bond acceptors (Lipinski definition) is 3. The summed E-state index contributed by atoms with van der Waals surface area (Å²) in [6.45, 7) is 1.53. The molecule has 0 aromatic rings. The molecule has 0 bridgehead atoms. The van der Waals surface area contributed by atoms with Crippen molar-refractivity contribution in [3.8, 4) is 0 Å². The van der Waals surface area contributed by atoms with Gasteiger partial charge in [0.2, 0.25) is 5.91 Å². The van der Waals surface area contributed by atoms with Crippen molar-refractivity contribution in [2.75, 3.05) is 13.2 Å². The van der Waals surface area contributed by atoms with Crippen molar-refractivity contribution in [1.29, 1.82) is 0 Å². The predicted molar refractivity (Wildman–Crippen MR) is 48.6 cm³/mol. The first kappa shape index (κ1) is 8.68. The normalized spacial score (nSPS) is 46.6. The molecule has 3 heterocycles. The van der Waals surface area contributed by atoms with Crippen LogP contribution in [0.25, 0.3) is 0 Å². The minimum Gasteiger partial charge on any atom is -0.388 e. The quantitative estimate of drug-likeness (QED) is 0.583. The van der Waals surface area contributed by atoms with Gasteiger partial charge < -0.3 is 14.7 Å². The molecule has 0 aliphatic carbocycles. The summed E-state index contributed by atoms with van der Waals surface area (Å²) in [4.78, 5) is 13.4. The largest absolute Gasteiger partial charge is 0.388 e. The highest BCUT2D eigenvalue weighted by atomic mass is 16.5. The first-order valence-corrected chi connectivity index (χ1v) is 5.36. The average Bonchev–Trinajstić information content (AvgIpc) is 2.75. The molecule has 1 N–H and O–H groups in total. The van der Waals surface area contributed by atoms with Crippen molar-refractivity contribution in [3.63, 3.8) is 0 Å². The van der Waals surface area contributed by atoms with Crippen LogP contribution in [-0.2, 0) is 9.53 Å². The summed E-state index contributed by atoms with van der Waals surface area (Å²) in [5, 5.41) is 10.0. The highest BCUT2D eigenvalue weighted by Gasteiger charge is 2.49. The molecule has 14 heavy (non-hydrogen) atoms. The number of carbonyl (C=O) groups is 1. The van der Waals surface area contributed by atoms with Crippen LogP contribution >= 0.6 is 0 Å². The molecule has 4 heteroatoms. The maximum atomic E-state index is 11.5. The van der Waals surface area contributed by atoms with E-state index in [0.29, 0.717) is 12.3 Å². The highest BCUT2D eigenvalue weighted by Crippen LogP contribution is 2.36. The Balaban J connectivity index is 1.86. The Hall–Kier alpha value is -0.610. The Labute approximate surface area is 82.8 Å². The van der Waals surface area contributed by atoms with Gasteiger partial charge in [0.05, 0.1) is 12.1 Å². The molecule has 3 aliphatic heterocycles. The molecule has 3 saturated heterocycles. The molecule has 4 atom stereocenters. The van der Waals surface area contributed by atoms with E-state index in [1.807, 2.05) is 4.90 Å². The number of ether oxygens (including phenoxy) is 1. The van der Waals surface area contributed by atoms with E-state index in [2.05, 4.69) is 0 Å². The molecule has 78 valence electrons. The standard InChI is InChI=1S/C10H15NO3/c12-8-2-1-7-9(13)10-6(3-4-14-10)5-11(7)8/h6-7,9-10,13H,1-5H2/t6-,7+,9-,10-/m1/s1. The molecule has 0 unspecified atom stereocenters. The fraction of sp³-hybridized carbons (Fsp3) is 0.900. The van der Waals surface area contributed by atoms with Crippen molar-refractivity contribution in [2.24, 2.45) is 5.92 Å². The lowest BCUT2D eigenvalue weighted by molar-refractivity contribution is -0.140. The van der Waals surface area contributed by atoms with Crippen LogP contribution in [0.3, 0.4) is 0 Å².